The number of halogens is 1. The highest BCUT2D eigenvalue weighted by molar-refractivity contribution is 9.10. The normalized spacial score (nSPS) is 10.8. The van der Waals surface area contributed by atoms with Crippen LogP contribution in [-0.2, 0) is 6.54 Å². The molecule has 3 rings (SSSR count). The molecular formula is C16H13BrN2O2. The molecule has 106 valence electrons. The van der Waals surface area contributed by atoms with Crippen molar-refractivity contribution in [1.29, 1.82) is 0 Å². The molecular weight excluding hydrogens is 332 g/mol. The third kappa shape index (κ3) is 2.69. The minimum atomic E-state index is -0.0634. The quantitative estimate of drug-likeness (QED) is 0.732. The van der Waals surface area contributed by atoms with Gasteiger partial charge in [-0.15, -0.1) is 0 Å². The summed E-state index contributed by atoms with van der Waals surface area (Å²) in [7, 11) is 1.64. The molecule has 0 fully saturated rings. The minimum absolute atomic E-state index is 0.0634. The number of para-hydroxylation sites is 1. The van der Waals surface area contributed by atoms with Crippen LogP contribution < -0.4 is 10.2 Å². The van der Waals surface area contributed by atoms with Crippen LogP contribution in [0.25, 0.3) is 10.9 Å². The van der Waals surface area contributed by atoms with Gasteiger partial charge in [0.2, 0.25) is 5.43 Å². The number of hydrogen-bond donors (Lipinski definition) is 0. The standard InChI is InChI=1S/C16H13BrN2O2/c1-21-12-6-7-14(17)11(8-12)10-19-15-5-3-2-4-13(15)16(20)9-18-19/h2-9H,10H2,1H3. The topological polar surface area (TPSA) is 44.1 Å². The number of benzene rings is 2. The summed E-state index contributed by atoms with van der Waals surface area (Å²) >= 11 is 3.54. The monoisotopic (exact) mass is 344 g/mol. The summed E-state index contributed by atoms with van der Waals surface area (Å²) in [4.78, 5) is 11.8. The first-order valence-corrected chi connectivity index (χ1v) is 7.25. The van der Waals surface area contributed by atoms with Crippen LogP contribution >= 0.6 is 15.9 Å². The Balaban J connectivity index is 2.11. The Hall–Kier alpha value is -2.14. The number of fused-ring (bicyclic) bond motifs is 1. The summed E-state index contributed by atoms with van der Waals surface area (Å²) in [5, 5.41) is 4.91. The lowest BCUT2D eigenvalue weighted by atomic mass is 10.2. The largest absolute Gasteiger partial charge is 0.497 e. The highest BCUT2D eigenvalue weighted by Crippen LogP contribution is 2.23. The van der Waals surface area contributed by atoms with Crippen LogP contribution in [0.5, 0.6) is 5.75 Å². The summed E-state index contributed by atoms with van der Waals surface area (Å²) in [5.41, 5.74) is 1.79. The Morgan fingerprint density at radius 3 is 2.86 bits per heavy atom. The van der Waals surface area contributed by atoms with E-state index in [1.807, 2.05) is 47.1 Å². The van der Waals surface area contributed by atoms with Crippen LogP contribution in [0.4, 0.5) is 0 Å². The van der Waals surface area contributed by atoms with Crippen LogP contribution in [0.1, 0.15) is 5.56 Å². The number of nitrogens with zero attached hydrogens (tertiary/aromatic N) is 2. The molecule has 0 spiro atoms. The summed E-state index contributed by atoms with van der Waals surface area (Å²) in [5.74, 6) is 0.790. The van der Waals surface area contributed by atoms with E-state index in [0.717, 1.165) is 21.3 Å². The Morgan fingerprint density at radius 1 is 1.24 bits per heavy atom. The van der Waals surface area contributed by atoms with E-state index >= 15 is 0 Å². The molecule has 21 heavy (non-hydrogen) atoms. The third-order valence-electron chi connectivity index (χ3n) is 3.33. The van der Waals surface area contributed by atoms with Gasteiger partial charge in [-0.05, 0) is 35.9 Å². The number of aromatic nitrogens is 2. The van der Waals surface area contributed by atoms with Crippen LogP contribution in [-0.4, -0.2) is 16.9 Å². The molecule has 1 heterocycles. The first-order chi connectivity index (χ1) is 10.2. The predicted molar refractivity (Wildman–Crippen MR) is 85.8 cm³/mol. The number of hydrogen-bond acceptors (Lipinski definition) is 3. The molecule has 0 unspecified atom stereocenters. The van der Waals surface area contributed by atoms with Crippen molar-refractivity contribution in [2.45, 2.75) is 6.54 Å². The lowest BCUT2D eigenvalue weighted by Gasteiger charge is -2.11. The van der Waals surface area contributed by atoms with Gasteiger partial charge in [0, 0.05) is 9.86 Å². The second-order valence-electron chi connectivity index (χ2n) is 4.64. The van der Waals surface area contributed by atoms with Crippen molar-refractivity contribution in [3.05, 3.63) is 68.9 Å². The van der Waals surface area contributed by atoms with Crippen LogP contribution in [0.2, 0.25) is 0 Å². The zero-order chi connectivity index (χ0) is 14.8. The maximum Gasteiger partial charge on any atom is 0.207 e. The van der Waals surface area contributed by atoms with Crippen LogP contribution in [0.3, 0.4) is 0 Å². The maximum absolute atomic E-state index is 11.8. The van der Waals surface area contributed by atoms with Crippen molar-refractivity contribution in [3.8, 4) is 5.75 Å². The van der Waals surface area contributed by atoms with Crippen LogP contribution in [0.15, 0.2) is 57.9 Å². The van der Waals surface area contributed by atoms with Crippen molar-refractivity contribution in [2.75, 3.05) is 7.11 Å². The van der Waals surface area contributed by atoms with E-state index in [4.69, 9.17) is 4.74 Å². The molecule has 0 N–H and O–H groups in total. The molecule has 5 heteroatoms. The molecule has 1 aromatic heterocycles. The Bertz CT molecular complexity index is 858. The molecule has 0 saturated heterocycles. The van der Waals surface area contributed by atoms with Crippen molar-refractivity contribution < 1.29 is 4.74 Å². The molecule has 0 aliphatic rings. The fourth-order valence-electron chi connectivity index (χ4n) is 2.25. The molecule has 3 aromatic rings. The van der Waals surface area contributed by atoms with E-state index in [2.05, 4.69) is 21.0 Å². The maximum atomic E-state index is 11.8. The molecule has 0 saturated carbocycles. The zero-order valence-electron chi connectivity index (χ0n) is 11.4. The first-order valence-electron chi connectivity index (χ1n) is 6.46. The van der Waals surface area contributed by atoms with Gasteiger partial charge in [0.05, 0.1) is 25.4 Å². The Labute approximate surface area is 130 Å². The van der Waals surface area contributed by atoms with Gasteiger partial charge in [-0.3, -0.25) is 9.48 Å². The highest BCUT2D eigenvalue weighted by atomic mass is 79.9. The summed E-state index contributed by atoms with van der Waals surface area (Å²) in [6.07, 6.45) is 1.36. The van der Waals surface area contributed by atoms with Crippen LogP contribution in [0, 0.1) is 0 Å². The molecule has 0 amide bonds. The van der Waals surface area contributed by atoms with Crippen molar-refractivity contribution >= 4 is 26.8 Å². The average molecular weight is 345 g/mol. The lowest BCUT2D eigenvalue weighted by Crippen LogP contribution is -2.13. The van der Waals surface area contributed by atoms with Gasteiger partial charge in [-0.25, -0.2) is 0 Å². The van der Waals surface area contributed by atoms with E-state index in [1.54, 1.807) is 7.11 Å². The molecule has 2 aromatic carbocycles. The first kappa shape index (κ1) is 13.8. The molecule has 4 nitrogen and oxygen atoms in total. The van der Waals surface area contributed by atoms with E-state index in [1.165, 1.54) is 6.20 Å². The Kier molecular flexibility index (Phi) is 3.75. The summed E-state index contributed by atoms with van der Waals surface area (Å²) < 4.78 is 8.05. The SMILES string of the molecule is COc1ccc(Br)c(Cn2ncc(=O)c3ccccc32)c1. The van der Waals surface area contributed by atoms with E-state index in [-0.39, 0.29) is 5.43 Å². The van der Waals surface area contributed by atoms with E-state index < -0.39 is 0 Å². The van der Waals surface area contributed by atoms with Gasteiger partial charge in [0.15, 0.2) is 0 Å². The van der Waals surface area contributed by atoms with Gasteiger partial charge in [-0.1, -0.05) is 28.1 Å². The van der Waals surface area contributed by atoms with Gasteiger partial charge < -0.3 is 4.74 Å². The Morgan fingerprint density at radius 2 is 2.05 bits per heavy atom. The van der Waals surface area contributed by atoms with Crippen molar-refractivity contribution in [1.82, 2.24) is 9.78 Å². The second-order valence-corrected chi connectivity index (χ2v) is 5.50. The van der Waals surface area contributed by atoms with E-state index in [0.29, 0.717) is 11.9 Å². The third-order valence-corrected chi connectivity index (χ3v) is 4.11. The van der Waals surface area contributed by atoms with E-state index in [9.17, 15) is 4.79 Å². The smallest absolute Gasteiger partial charge is 0.207 e. The predicted octanol–water partition coefficient (Wildman–Crippen LogP) is 3.22. The second kappa shape index (κ2) is 5.69. The summed E-state index contributed by atoms with van der Waals surface area (Å²) in [6, 6.07) is 13.3. The van der Waals surface area contributed by atoms with Gasteiger partial charge in [0.1, 0.15) is 5.75 Å². The van der Waals surface area contributed by atoms with Crippen molar-refractivity contribution in [2.24, 2.45) is 0 Å². The van der Waals surface area contributed by atoms with Gasteiger partial charge in [-0.2, -0.15) is 5.10 Å². The molecule has 0 aliphatic carbocycles. The number of ether oxygens (including phenoxy) is 1. The molecule has 0 radical (unpaired) electrons. The van der Waals surface area contributed by atoms with Gasteiger partial charge >= 0.3 is 0 Å². The number of methoxy groups -OCH3 is 1. The average Bonchev–Trinajstić information content (AvgIpc) is 2.52. The zero-order valence-corrected chi connectivity index (χ0v) is 13.0. The molecule has 0 aliphatic heterocycles. The molecule has 0 atom stereocenters. The number of rotatable bonds is 3. The van der Waals surface area contributed by atoms with Crippen molar-refractivity contribution in [3.63, 3.8) is 0 Å². The summed E-state index contributed by atoms with van der Waals surface area (Å²) in [6.45, 7) is 0.554. The fraction of sp³-hybridized carbons (Fsp3) is 0.125. The fourth-order valence-corrected chi connectivity index (χ4v) is 2.62. The van der Waals surface area contributed by atoms with Gasteiger partial charge in [0.25, 0.3) is 0 Å². The lowest BCUT2D eigenvalue weighted by molar-refractivity contribution is 0.414. The molecule has 0 bridgehead atoms. The minimum Gasteiger partial charge on any atom is -0.497 e. The highest BCUT2D eigenvalue weighted by Gasteiger charge is 2.07.